The van der Waals surface area contributed by atoms with Gasteiger partial charge in [-0.15, -0.1) is 0 Å². The summed E-state index contributed by atoms with van der Waals surface area (Å²) in [5.41, 5.74) is 0.761. The number of rotatable bonds is 5. The first-order chi connectivity index (χ1) is 9.11. The SMILES string of the molecule is CCCCC1C=CCN1C(=O)Cn1cc(Cl)c(C)n1. The van der Waals surface area contributed by atoms with Crippen molar-refractivity contribution in [3.8, 4) is 0 Å². The van der Waals surface area contributed by atoms with Gasteiger partial charge < -0.3 is 4.90 Å². The number of carbonyl (C=O) groups excluding carboxylic acids is 1. The van der Waals surface area contributed by atoms with Gasteiger partial charge in [0.2, 0.25) is 5.91 Å². The van der Waals surface area contributed by atoms with Crippen LogP contribution in [0.25, 0.3) is 0 Å². The number of hydrogen-bond acceptors (Lipinski definition) is 2. The second-order valence-electron chi connectivity index (χ2n) is 4.94. The number of nitrogens with zero attached hydrogens (tertiary/aromatic N) is 3. The topological polar surface area (TPSA) is 38.1 Å². The minimum atomic E-state index is 0.102. The number of hydrogen-bond donors (Lipinski definition) is 0. The maximum Gasteiger partial charge on any atom is 0.245 e. The van der Waals surface area contributed by atoms with Gasteiger partial charge in [-0.05, 0) is 13.3 Å². The van der Waals surface area contributed by atoms with Gasteiger partial charge in [-0.25, -0.2) is 0 Å². The molecule has 0 aliphatic carbocycles. The van der Waals surface area contributed by atoms with Crippen LogP contribution >= 0.6 is 11.6 Å². The molecule has 0 spiro atoms. The van der Waals surface area contributed by atoms with Crippen molar-refractivity contribution >= 4 is 17.5 Å². The molecule has 2 heterocycles. The van der Waals surface area contributed by atoms with Gasteiger partial charge in [0.25, 0.3) is 0 Å². The van der Waals surface area contributed by atoms with E-state index in [9.17, 15) is 4.79 Å². The lowest BCUT2D eigenvalue weighted by atomic mass is 10.1. The number of aromatic nitrogens is 2. The maximum absolute atomic E-state index is 12.3. The van der Waals surface area contributed by atoms with Crippen molar-refractivity contribution in [1.29, 1.82) is 0 Å². The predicted octanol–water partition coefficient (Wildman–Crippen LogP) is 2.80. The van der Waals surface area contributed by atoms with Crippen molar-refractivity contribution in [2.75, 3.05) is 6.54 Å². The van der Waals surface area contributed by atoms with E-state index in [1.54, 1.807) is 10.9 Å². The minimum absolute atomic E-state index is 0.102. The molecule has 104 valence electrons. The lowest BCUT2D eigenvalue weighted by molar-refractivity contribution is -0.132. The highest BCUT2D eigenvalue weighted by atomic mass is 35.5. The highest BCUT2D eigenvalue weighted by Crippen LogP contribution is 2.17. The quantitative estimate of drug-likeness (QED) is 0.779. The molecule has 2 rings (SSSR count). The second kappa shape index (κ2) is 6.24. The van der Waals surface area contributed by atoms with Gasteiger partial charge in [0.1, 0.15) is 6.54 Å². The fourth-order valence-corrected chi connectivity index (χ4v) is 2.48. The van der Waals surface area contributed by atoms with Crippen LogP contribution < -0.4 is 0 Å². The Morgan fingerprint density at radius 2 is 2.37 bits per heavy atom. The van der Waals surface area contributed by atoms with Gasteiger partial charge in [0, 0.05) is 12.7 Å². The average Bonchev–Trinajstić information content (AvgIpc) is 2.94. The Morgan fingerprint density at radius 1 is 1.58 bits per heavy atom. The molecule has 5 heteroatoms. The molecule has 1 aromatic heterocycles. The average molecular weight is 282 g/mol. The van der Waals surface area contributed by atoms with Crippen LogP contribution in [0.4, 0.5) is 0 Å². The van der Waals surface area contributed by atoms with Crippen LogP contribution in [0.5, 0.6) is 0 Å². The normalized spacial score (nSPS) is 18.3. The van der Waals surface area contributed by atoms with E-state index in [2.05, 4.69) is 24.2 Å². The fourth-order valence-electron chi connectivity index (χ4n) is 2.33. The summed E-state index contributed by atoms with van der Waals surface area (Å²) in [6.45, 7) is 4.98. The standard InChI is InChI=1S/C14H20ClN3O/c1-3-4-6-12-7-5-8-18(12)14(19)10-17-9-13(15)11(2)16-17/h5,7,9,12H,3-4,6,8,10H2,1-2H3. The van der Waals surface area contributed by atoms with Crippen LogP contribution in [0.3, 0.4) is 0 Å². The fraction of sp³-hybridized carbons (Fsp3) is 0.571. The maximum atomic E-state index is 12.3. The van der Waals surface area contributed by atoms with Crippen LogP contribution in [0.15, 0.2) is 18.3 Å². The second-order valence-corrected chi connectivity index (χ2v) is 5.35. The number of unbranched alkanes of at least 4 members (excludes halogenated alkanes) is 1. The zero-order valence-electron chi connectivity index (χ0n) is 11.5. The van der Waals surface area contributed by atoms with E-state index in [4.69, 9.17) is 11.6 Å². The molecule has 4 nitrogen and oxygen atoms in total. The Morgan fingerprint density at radius 3 is 3.00 bits per heavy atom. The van der Waals surface area contributed by atoms with Gasteiger partial charge >= 0.3 is 0 Å². The van der Waals surface area contributed by atoms with E-state index < -0.39 is 0 Å². The Bertz CT molecular complexity index is 462. The van der Waals surface area contributed by atoms with E-state index in [0.29, 0.717) is 11.6 Å². The summed E-state index contributed by atoms with van der Waals surface area (Å²) >= 11 is 5.95. The molecule has 19 heavy (non-hydrogen) atoms. The van der Waals surface area contributed by atoms with E-state index in [0.717, 1.165) is 25.0 Å². The van der Waals surface area contributed by atoms with Gasteiger partial charge in [-0.2, -0.15) is 5.10 Å². The smallest absolute Gasteiger partial charge is 0.245 e. The molecule has 0 aromatic carbocycles. The molecule has 0 saturated heterocycles. The number of halogens is 1. The third kappa shape index (κ3) is 3.38. The van der Waals surface area contributed by atoms with Crippen molar-refractivity contribution in [2.45, 2.75) is 45.7 Å². The zero-order valence-corrected chi connectivity index (χ0v) is 12.2. The molecule has 1 unspecified atom stereocenters. The van der Waals surface area contributed by atoms with E-state index >= 15 is 0 Å². The first kappa shape index (κ1) is 14.1. The highest BCUT2D eigenvalue weighted by molar-refractivity contribution is 6.31. The largest absolute Gasteiger partial charge is 0.331 e. The zero-order chi connectivity index (χ0) is 13.8. The number of aryl methyl sites for hydroxylation is 1. The van der Waals surface area contributed by atoms with Crippen molar-refractivity contribution < 1.29 is 4.79 Å². The van der Waals surface area contributed by atoms with Crippen molar-refractivity contribution in [3.05, 3.63) is 29.1 Å². The molecule has 1 atom stereocenters. The molecule has 1 aromatic rings. The molecule has 0 saturated carbocycles. The summed E-state index contributed by atoms with van der Waals surface area (Å²) in [7, 11) is 0. The van der Waals surface area contributed by atoms with Crippen LogP contribution in [0.2, 0.25) is 5.02 Å². The Labute approximate surface area is 119 Å². The molecule has 1 amide bonds. The van der Waals surface area contributed by atoms with Crippen molar-refractivity contribution in [3.63, 3.8) is 0 Å². The summed E-state index contributed by atoms with van der Waals surface area (Å²) < 4.78 is 1.62. The summed E-state index contributed by atoms with van der Waals surface area (Å²) in [5.74, 6) is 0.102. The van der Waals surface area contributed by atoms with Crippen LogP contribution in [0.1, 0.15) is 31.9 Å². The van der Waals surface area contributed by atoms with E-state index in [1.165, 1.54) is 0 Å². The van der Waals surface area contributed by atoms with Gasteiger partial charge in [0.05, 0.1) is 16.8 Å². The molecule has 1 aliphatic rings. The van der Waals surface area contributed by atoms with Crippen molar-refractivity contribution in [1.82, 2.24) is 14.7 Å². The van der Waals surface area contributed by atoms with E-state index in [-0.39, 0.29) is 18.5 Å². The van der Waals surface area contributed by atoms with Crippen molar-refractivity contribution in [2.24, 2.45) is 0 Å². The van der Waals surface area contributed by atoms with Gasteiger partial charge in [0.15, 0.2) is 0 Å². The molecule has 1 aliphatic heterocycles. The number of amides is 1. The monoisotopic (exact) mass is 281 g/mol. The Hall–Kier alpha value is -1.29. The molecule has 0 bridgehead atoms. The molecule has 0 N–H and O–H groups in total. The first-order valence-electron chi connectivity index (χ1n) is 6.77. The third-order valence-electron chi connectivity index (χ3n) is 3.42. The van der Waals surface area contributed by atoms with Crippen LogP contribution in [-0.2, 0) is 11.3 Å². The van der Waals surface area contributed by atoms with Gasteiger partial charge in [-0.3, -0.25) is 9.48 Å². The Kier molecular flexibility index (Phi) is 4.64. The summed E-state index contributed by atoms with van der Waals surface area (Å²) in [6.07, 6.45) is 9.25. The van der Waals surface area contributed by atoms with Crippen LogP contribution in [0, 0.1) is 6.92 Å². The summed E-state index contributed by atoms with van der Waals surface area (Å²) in [5, 5.41) is 4.83. The van der Waals surface area contributed by atoms with Crippen LogP contribution in [-0.4, -0.2) is 33.2 Å². The Balaban J connectivity index is 1.95. The predicted molar refractivity (Wildman–Crippen MR) is 76.1 cm³/mol. The summed E-state index contributed by atoms with van der Waals surface area (Å²) in [4.78, 5) is 14.2. The third-order valence-corrected chi connectivity index (χ3v) is 3.79. The molecule has 0 radical (unpaired) electrons. The highest BCUT2D eigenvalue weighted by Gasteiger charge is 2.24. The molecular weight excluding hydrogens is 262 g/mol. The minimum Gasteiger partial charge on any atom is -0.331 e. The molecule has 0 fully saturated rings. The van der Waals surface area contributed by atoms with E-state index in [1.807, 2.05) is 11.8 Å². The first-order valence-corrected chi connectivity index (χ1v) is 7.15. The number of carbonyl (C=O) groups is 1. The molecular formula is C14H20ClN3O. The summed E-state index contributed by atoms with van der Waals surface area (Å²) in [6, 6.07) is 0.250. The lowest BCUT2D eigenvalue weighted by Gasteiger charge is -2.24. The lowest BCUT2D eigenvalue weighted by Crippen LogP contribution is -2.38. The van der Waals surface area contributed by atoms with Gasteiger partial charge in [-0.1, -0.05) is 43.5 Å².